The highest BCUT2D eigenvalue weighted by Gasteiger charge is 2.24. The lowest BCUT2D eigenvalue weighted by molar-refractivity contribution is -0.115. The number of benzene rings is 2. The molecule has 0 bridgehead atoms. The number of amides is 1. The molecule has 0 aliphatic rings. The molecule has 0 saturated carbocycles. The van der Waals surface area contributed by atoms with Gasteiger partial charge in [-0.2, -0.15) is 9.78 Å². The summed E-state index contributed by atoms with van der Waals surface area (Å²) >= 11 is 1.09. The largest absolute Gasteiger partial charge is 0.461 e. The van der Waals surface area contributed by atoms with E-state index in [0.29, 0.717) is 0 Å². The molecule has 1 N–H and O–H groups in total. The summed E-state index contributed by atoms with van der Waals surface area (Å²) < 4.78 is 20.4. The first-order valence-electron chi connectivity index (χ1n) is 10.2. The SMILES string of the molecule is CCOC(=O)c1nn(-c2ccccc2F)c(=O)c2c(NC(=O)Cc3cccc(C)c3)scc12. The Balaban J connectivity index is 1.81. The van der Waals surface area contributed by atoms with Gasteiger partial charge in [0.15, 0.2) is 5.69 Å². The molecular weight excluding hydrogens is 445 g/mol. The molecule has 0 radical (unpaired) electrons. The zero-order valence-corrected chi connectivity index (χ0v) is 18.7. The Bertz CT molecular complexity index is 1430. The monoisotopic (exact) mass is 465 g/mol. The molecular formula is C24H20FN3O4S. The predicted molar refractivity (Wildman–Crippen MR) is 125 cm³/mol. The maximum absolute atomic E-state index is 14.5. The number of anilines is 1. The molecule has 33 heavy (non-hydrogen) atoms. The number of carbonyl (C=O) groups is 2. The number of halogens is 1. The zero-order chi connectivity index (χ0) is 23.5. The lowest BCUT2D eigenvalue weighted by Gasteiger charge is -2.10. The molecule has 0 saturated heterocycles. The minimum absolute atomic E-state index is 0.0684. The van der Waals surface area contributed by atoms with Crippen LogP contribution in [-0.4, -0.2) is 28.3 Å². The molecule has 0 unspecified atom stereocenters. The topological polar surface area (TPSA) is 90.3 Å². The molecule has 0 fully saturated rings. The molecule has 1 amide bonds. The highest BCUT2D eigenvalue weighted by Crippen LogP contribution is 2.31. The van der Waals surface area contributed by atoms with E-state index in [1.807, 2.05) is 31.2 Å². The minimum atomic E-state index is -0.747. The van der Waals surface area contributed by atoms with Crippen LogP contribution in [0.2, 0.25) is 0 Å². The lowest BCUT2D eigenvalue weighted by atomic mass is 10.1. The number of carbonyl (C=O) groups excluding carboxylic acids is 2. The molecule has 0 aliphatic carbocycles. The normalized spacial score (nSPS) is 10.9. The number of nitrogens with one attached hydrogen (secondary N) is 1. The molecule has 2 heterocycles. The summed E-state index contributed by atoms with van der Waals surface area (Å²) in [6.07, 6.45) is 0.110. The van der Waals surface area contributed by atoms with Crippen LogP contribution in [0.1, 0.15) is 28.5 Å². The van der Waals surface area contributed by atoms with Crippen LogP contribution in [0, 0.1) is 12.7 Å². The van der Waals surface area contributed by atoms with Gasteiger partial charge in [-0.3, -0.25) is 9.59 Å². The van der Waals surface area contributed by atoms with E-state index in [9.17, 15) is 18.8 Å². The van der Waals surface area contributed by atoms with Crippen LogP contribution in [0.4, 0.5) is 9.39 Å². The van der Waals surface area contributed by atoms with Crippen molar-refractivity contribution in [1.82, 2.24) is 9.78 Å². The molecule has 7 nitrogen and oxygen atoms in total. The van der Waals surface area contributed by atoms with Crippen molar-refractivity contribution in [2.45, 2.75) is 20.3 Å². The summed E-state index contributed by atoms with van der Waals surface area (Å²) in [5.41, 5.74) is 0.949. The fraction of sp³-hybridized carbons (Fsp3) is 0.167. The van der Waals surface area contributed by atoms with Crippen LogP contribution in [-0.2, 0) is 16.0 Å². The number of hydrogen-bond acceptors (Lipinski definition) is 6. The van der Waals surface area contributed by atoms with E-state index in [2.05, 4.69) is 10.4 Å². The average Bonchev–Trinajstić information content (AvgIpc) is 3.19. The molecule has 0 aliphatic heterocycles. The Morgan fingerprint density at radius 2 is 1.97 bits per heavy atom. The van der Waals surface area contributed by atoms with Gasteiger partial charge < -0.3 is 10.1 Å². The third-order valence-electron chi connectivity index (χ3n) is 4.90. The van der Waals surface area contributed by atoms with Crippen LogP contribution in [0.3, 0.4) is 0 Å². The van der Waals surface area contributed by atoms with Gasteiger partial charge in [-0.1, -0.05) is 42.0 Å². The van der Waals surface area contributed by atoms with Crippen molar-refractivity contribution in [1.29, 1.82) is 0 Å². The highest BCUT2D eigenvalue weighted by atomic mass is 32.1. The number of hydrogen-bond donors (Lipinski definition) is 1. The van der Waals surface area contributed by atoms with Gasteiger partial charge in [-0.25, -0.2) is 9.18 Å². The first-order valence-corrected chi connectivity index (χ1v) is 11.1. The second-order valence-electron chi connectivity index (χ2n) is 7.30. The minimum Gasteiger partial charge on any atom is -0.461 e. The molecule has 2 aromatic carbocycles. The Labute approximate surface area is 192 Å². The van der Waals surface area contributed by atoms with Crippen LogP contribution >= 0.6 is 11.3 Å². The first kappa shape index (κ1) is 22.3. The second kappa shape index (κ2) is 9.33. The van der Waals surface area contributed by atoms with Gasteiger partial charge in [0, 0.05) is 10.8 Å². The third-order valence-corrected chi connectivity index (χ3v) is 5.80. The number of thiophene rings is 1. The number of ether oxygens (including phenoxy) is 1. The van der Waals surface area contributed by atoms with Crippen molar-refractivity contribution in [2.75, 3.05) is 11.9 Å². The van der Waals surface area contributed by atoms with Gasteiger partial charge in [0.05, 0.1) is 18.4 Å². The Morgan fingerprint density at radius 3 is 2.70 bits per heavy atom. The average molecular weight is 466 g/mol. The van der Waals surface area contributed by atoms with Crippen molar-refractivity contribution in [2.24, 2.45) is 0 Å². The van der Waals surface area contributed by atoms with Gasteiger partial charge in [0.2, 0.25) is 5.91 Å². The number of aryl methyl sites for hydroxylation is 1. The summed E-state index contributed by atoms with van der Waals surface area (Å²) in [5.74, 6) is -1.75. The van der Waals surface area contributed by atoms with Gasteiger partial charge in [-0.15, -0.1) is 11.3 Å². The molecule has 4 aromatic rings. The van der Waals surface area contributed by atoms with Crippen LogP contribution in [0.25, 0.3) is 16.5 Å². The Kier molecular flexibility index (Phi) is 6.32. The molecule has 9 heteroatoms. The van der Waals surface area contributed by atoms with E-state index >= 15 is 0 Å². The second-order valence-corrected chi connectivity index (χ2v) is 8.18. The summed E-state index contributed by atoms with van der Waals surface area (Å²) in [6, 6.07) is 13.1. The maximum atomic E-state index is 14.5. The number of aromatic nitrogens is 2. The lowest BCUT2D eigenvalue weighted by Crippen LogP contribution is -2.26. The number of para-hydroxylation sites is 1. The summed E-state index contributed by atoms with van der Waals surface area (Å²) in [4.78, 5) is 38.6. The van der Waals surface area contributed by atoms with Gasteiger partial charge in [-0.05, 0) is 31.5 Å². The summed E-state index contributed by atoms with van der Waals surface area (Å²) in [5, 5.41) is 8.98. The van der Waals surface area contributed by atoms with E-state index in [4.69, 9.17) is 4.74 Å². The van der Waals surface area contributed by atoms with Crippen LogP contribution in [0.5, 0.6) is 0 Å². The maximum Gasteiger partial charge on any atom is 0.359 e. The molecule has 2 aromatic heterocycles. The molecule has 0 spiro atoms. The zero-order valence-electron chi connectivity index (χ0n) is 17.9. The molecule has 168 valence electrons. The highest BCUT2D eigenvalue weighted by molar-refractivity contribution is 7.16. The number of rotatable bonds is 6. The first-order chi connectivity index (χ1) is 15.9. The standard InChI is InChI=1S/C24H20FN3O4S/c1-3-32-24(31)21-16-13-33-22(26-19(29)12-15-8-6-7-14(2)11-15)20(16)23(30)28(27-21)18-10-5-4-9-17(18)25/h4-11,13H,3,12H2,1-2H3,(H,26,29). The van der Waals surface area contributed by atoms with Crippen LogP contribution in [0.15, 0.2) is 58.7 Å². The number of nitrogens with zero attached hydrogens (tertiary/aromatic N) is 2. The smallest absolute Gasteiger partial charge is 0.359 e. The van der Waals surface area contributed by atoms with E-state index in [1.165, 1.54) is 18.2 Å². The van der Waals surface area contributed by atoms with Crippen molar-refractivity contribution >= 4 is 39.0 Å². The number of esters is 1. The third kappa shape index (κ3) is 4.54. The fourth-order valence-corrected chi connectivity index (χ4v) is 4.41. The van der Waals surface area contributed by atoms with Crippen molar-refractivity contribution < 1.29 is 18.7 Å². The predicted octanol–water partition coefficient (Wildman–Crippen LogP) is 4.25. The fourth-order valence-electron chi connectivity index (χ4n) is 3.46. The number of fused-ring (bicyclic) bond motifs is 1. The van der Waals surface area contributed by atoms with E-state index in [1.54, 1.807) is 18.4 Å². The van der Waals surface area contributed by atoms with Gasteiger partial charge in [0.25, 0.3) is 5.56 Å². The van der Waals surface area contributed by atoms with Gasteiger partial charge in [0.1, 0.15) is 16.5 Å². The molecule has 0 atom stereocenters. The van der Waals surface area contributed by atoms with Crippen LogP contribution < -0.4 is 10.9 Å². The van der Waals surface area contributed by atoms with Crippen molar-refractivity contribution in [3.05, 3.63) is 86.9 Å². The summed E-state index contributed by atoms with van der Waals surface area (Å²) in [6.45, 7) is 3.68. The Morgan fingerprint density at radius 1 is 1.18 bits per heavy atom. The van der Waals surface area contributed by atoms with Crippen molar-refractivity contribution in [3.8, 4) is 5.69 Å². The van der Waals surface area contributed by atoms with E-state index in [0.717, 1.165) is 27.1 Å². The van der Waals surface area contributed by atoms with E-state index < -0.39 is 17.3 Å². The van der Waals surface area contributed by atoms with Crippen molar-refractivity contribution in [3.63, 3.8) is 0 Å². The summed E-state index contributed by atoms with van der Waals surface area (Å²) in [7, 11) is 0. The van der Waals surface area contributed by atoms with Gasteiger partial charge >= 0.3 is 5.97 Å². The van der Waals surface area contributed by atoms with E-state index in [-0.39, 0.29) is 46.1 Å². The quantitative estimate of drug-likeness (QED) is 0.430. The Hall–Kier alpha value is -3.85. The molecule has 4 rings (SSSR count).